The van der Waals surface area contributed by atoms with Gasteiger partial charge < -0.3 is 0 Å². The lowest BCUT2D eigenvalue weighted by atomic mass is 10.0. The van der Waals surface area contributed by atoms with Crippen LogP contribution in [0.1, 0.15) is 18.4 Å². The van der Waals surface area contributed by atoms with Crippen LogP contribution in [-0.4, -0.2) is 12.0 Å². The Morgan fingerprint density at radius 3 is 2.62 bits per heavy atom. The van der Waals surface area contributed by atoms with Crippen LogP contribution in [0.5, 0.6) is 0 Å². The fraction of sp³-hybridized carbons (Fsp3) is 0.333. The second kappa shape index (κ2) is 5.95. The highest BCUT2D eigenvalue weighted by Crippen LogP contribution is 2.20. The minimum Gasteiger partial charge on any atom is -0.165 e. The number of hydrogen-bond acceptors (Lipinski definition) is 1. The van der Waals surface area contributed by atoms with Crippen LogP contribution in [0.3, 0.4) is 0 Å². The van der Waals surface area contributed by atoms with E-state index in [0.717, 1.165) is 0 Å². The second-order valence-electron chi connectivity index (χ2n) is 4.09. The van der Waals surface area contributed by atoms with Gasteiger partial charge in [-0.1, -0.05) is 42.5 Å². The quantitative estimate of drug-likeness (QED) is 0.680. The van der Waals surface area contributed by atoms with E-state index in [2.05, 4.69) is 48.7 Å². The number of fused-ring (bicyclic) bond motifs is 1. The normalized spacial score (nSPS) is 10.8. The Bertz CT molecular complexity index is 443. The highest BCUT2D eigenvalue weighted by atomic mass is 32.2. The van der Waals surface area contributed by atoms with Crippen molar-refractivity contribution >= 4 is 22.5 Å². The van der Waals surface area contributed by atoms with Crippen LogP contribution in [-0.2, 0) is 6.42 Å². The van der Waals surface area contributed by atoms with Crippen molar-refractivity contribution in [2.45, 2.75) is 19.3 Å². The Balaban J connectivity index is 2.11. The van der Waals surface area contributed by atoms with E-state index in [1.165, 1.54) is 41.4 Å². The van der Waals surface area contributed by atoms with Gasteiger partial charge in [0.05, 0.1) is 0 Å². The Morgan fingerprint density at radius 2 is 1.75 bits per heavy atom. The maximum atomic E-state index is 2.27. The van der Waals surface area contributed by atoms with Crippen LogP contribution in [0.2, 0.25) is 0 Å². The summed E-state index contributed by atoms with van der Waals surface area (Å²) in [6, 6.07) is 15.3. The molecule has 0 saturated heterocycles. The highest BCUT2D eigenvalue weighted by Gasteiger charge is 1.99. The molecule has 0 aliphatic rings. The molecule has 2 aromatic rings. The maximum Gasteiger partial charge on any atom is -0.00702 e. The molecule has 0 fully saturated rings. The van der Waals surface area contributed by atoms with Crippen LogP contribution in [0.4, 0.5) is 0 Å². The van der Waals surface area contributed by atoms with Crippen molar-refractivity contribution in [2.24, 2.45) is 0 Å². The first-order chi connectivity index (χ1) is 7.92. The fourth-order valence-electron chi connectivity index (χ4n) is 2.07. The van der Waals surface area contributed by atoms with E-state index in [1.807, 2.05) is 11.8 Å². The lowest BCUT2D eigenvalue weighted by molar-refractivity contribution is 0.807. The zero-order valence-electron chi connectivity index (χ0n) is 9.78. The zero-order chi connectivity index (χ0) is 11.2. The fourth-order valence-corrected chi connectivity index (χ4v) is 2.57. The van der Waals surface area contributed by atoms with Crippen LogP contribution in [0.25, 0.3) is 10.8 Å². The first kappa shape index (κ1) is 11.5. The largest absolute Gasteiger partial charge is 0.165 e. The molecule has 0 unspecified atom stereocenters. The maximum absolute atomic E-state index is 2.27. The number of thioether (sulfide) groups is 1. The Kier molecular flexibility index (Phi) is 4.29. The molecule has 2 rings (SSSR count). The van der Waals surface area contributed by atoms with E-state index in [9.17, 15) is 0 Å². The van der Waals surface area contributed by atoms with Gasteiger partial charge in [0.2, 0.25) is 0 Å². The van der Waals surface area contributed by atoms with Gasteiger partial charge in [0.15, 0.2) is 0 Å². The molecule has 16 heavy (non-hydrogen) atoms. The van der Waals surface area contributed by atoms with Gasteiger partial charge in [-0.25, -0.2) is 0 Å². The lowest BCUT2D eigenvalue weighted by Crippen LogP contribution is -1.88. The summed E-state index contributed by atoms with van der Waals surface area (Å²) in [5.41, 5.74) is 1.50. The Morgan fingerprint density at radius 1 is 0.938 bits per heavy atom. The summed E-state index contributed by atoms with van der Waals surface area (Å²) < 4.78 is 0. The van der Waals surface area contributed by atoms with Gasteiger partial charge in [-0.15, -0.1) is 0 Å². The minimum atomic E-state index is 1.21. The van der Waals surface area contributed by atoms with Gasteiger partial charge in [0.25, 0.3) is 0 Å². The number of unbranched alkanes of at least 4 members (excludes halogenated alkanes) is 1. The predicted octanol–water partition coefficient (Wildman–Crippen LogP) is 4.53. The lowest BCUT2D eigenvalue weighted by Gasteiger charge is -2.06. The molecular weight excluding hydrogens is 212 g/mol. The molecule has 0 nitrogen and oxygen atoms in total. The van der Waals surface area contributed by atoms with E-state index in [0.29, 0.717) is 0 Å². The predicted molar refractivity (Wildman–Crippen MR) is 75.3 cm³/mol. The topological polar surface area (TPSA) is 0 Å². The first-order valence-corrected chi connectivity index (χ1v) is 7.27. The first-order valence-electron chi connectivity index (χ1n) is 5.87. The van der Waals surface area contributed by atoms with Gasteiger partial charge in [-0.2, -0.15) is 11.8 Å². The van der Waals surface area contributed by atoms with Crippen LogP contribution in [0.15, 0.2) is 42.5 Å². The summed E-state index contributed by atoms with van der Waals surface area (Å²) in [6.07, 6.45) is 6.01. The molecule has 0 bridgehead atoms. The van der Waals surface area contributed by atoms with E-state index in [-0.39, 0.29) is 0 Å². The van der Waals surface area contributed by atoms with E-state index in [1.54, 1.807) is 0 Å². The molecule has 1 heteroatoms. The molecule has 0 N–H and O–H groups in total. The second-order valence-corrected chi connectivity index (χ2v) is 5.07. The van der Waals surface area contributed by atoms with Gasteiger partial charge in [-0.05, 0) is 47.6 Å². The molecule has 0 atom stereocenters. The third kappa shape index (κ3) is 2.79. The molecule has 84 valence electrons. The third-order valence-corrected chi connectivity index (χ3v) is 3.62. The molecule has 0 radical (unpaired) electrons. The van der Waals surface area contributed by atoms with Crippen molar-refractivity contribution in [1.29, 1.82) is 0 Å². The van der Waals surface area contributed by atoms with Crippen LogP contribution < -0.4 is 0 Å². The van der Waals surface area contributed by atoms with Crippen molar-refractivity contribution in [3.05, 3.63) is 48.0 Å². The van der Waals surface area contributed by atoms with Gasteiger partial charge >= 0.3 is 0 Å². The van der Waals surface area contributed by atoms with E-state index < -0.39 is 0 Å². The van der Waals surface area contributed by atoms with E-state index >= 15 is 0 Å². The summed E-state index contributed by atoms with van der Waals surface area (Å²) in [5.74, 6) is 1.28. The summed E-state index contributed by atoms with van der Waals surface area (Å²) in [6.45, 7) is 0. The Labute approximate surface area is 102 Å². The summed E-state index contributed by atoms with van der Waals surface area (Å²) in [4.78, 5) is 0. The SMILES string of the molecule is CSCCCCc1cccc2ccccc12. The highest BCUT2D eigenvalue weighted by molar-refractivity contribution is 7.98. The molecular formula is C15H18S. The van der Waals surface area contributed by atoms with Crippen molar-refractivity contribution in [3.8, 4) is 0 Å². The number of rotatable bonds is 5. The average Bonchev–Trinajstić information content (AvgIpc) is 2.35. The number of hydrogen-bond donors (Lipinski definition) is 0. The summed E-state index contributed by atoms with van der Waals surface area (Å²) in [7, 11) is 0. The van der Waals surface area contributed by atoms with Gasteiger partial charge in [0, 0.05) is 0 Å². The molecule has 0 aliphatic heterocycles. The average molecular weight is 230 g/mol. The molecule has 0 aliphatic carbocycles. The monoisotopic (exact) mass is 230 g/mol. The third-order valence-electron chi connectivity index (χ3n) is 2.92. The molecule has 0 spiro atoms. The molecule has 0 amide bonds. The van der Waals surface area contributed by atoms with E-state index in [4.69, 9.17) is 0 Å². The molecule has 0 saturated carbocycles. The van der Waals surface area contributed by atoms with Crippen molar-refractivity contribution in [1.82, 2.24) is 0 Å². The molecule has 0 aromatic heterocycles. The minimum absolute atomic E-state index is 1.21. The van der Waals surface area contributed by atoms with Crippen molar-refractivity contribution < 1.29 is 0 Å². The van der Waals surface area contributed by atoms with Gasteiger partial charge in [-0.3, -0.25) is 0 Å². The standard InChI is InChI=1S/C15H18S/c1-16-12-5-4-8-14-10-6-9-13-7-2-3-11-15(13)14/h2-3,6-7,9-11H,4-5,8,12H2,1H3. The molecule has 2 aromatic carbocycles. The number of benzene rings is 2. The van der Waals surface area contributed by atoms with Gasteiger partial charge in [0.1, 0.15) is 0 Å². The number of aryl methyl sites for hydroxylation is 1. The van der Waals surface area contributed by atoms with Crippen LogP contribution >= 0.6 is 11.8 Å². The van der Waals surface area contributed by atoms with Crippen molar-refractivity contribution in [3.63, 3.8) is 0 Å². The van der Waals surface area contributed by atoms with Crippen molar-refractivity contribution in [2.75, 3.05) is 12.0 Å². The molecule has 0 heterocycles. The zero-order valence-corrected chi connectivity index (χ0v) is 10.6. The summed E-state index contributed by atoms with van der Waals surface area (Å²) in [5, 5.41) is 2.79. The Hall–Kier alpha value is -0.950. The van der Waals surface area contributed by atoms with Crippen LogP contribution in [0, 0.1) is 0 Å². The smallest absolute Gasteiger partial charge is 0.00702 e. The summed E-state index contributed by atoms with van der Waals surface area (Å²) >= 11 is 1.94.